The molecule has 1 saturated heterocycles. The Morgan fingerprint density at radius 1 is 0.919 bits per heavy atom. The van der Waals surface area contributed by atoms with Gasteiger partial charge in [0.2, 0.25) is 0 Å². The number of fused-ring (bicyclic) bond motifs is 1. The summed E-state index contributed by atoms with van der Waals surface area (Å²) in [4.78, 5) is 6.53. The van der Waals surface area contributed by atoms with Gasteiger partial charge in [-0.1, -0.05) is 30.3 Å². The Labute approximate surface area is 218 Å². The lowest BCUT2D eigenvalue weighted by molar-refractivity contribution is -0.0261. The van der Waals surface area contributed by atoms with Gasteiger partial charge in [0.25, 0.3) is 0 Å². The summed E-state index contributed by atoms with van der Waals surface area (Å²) < 4.78 is 44.9. The lowest BCUT2D eigenvalue weighted by Crippen LogP contribution is -2.52. The number of aromatic nitrogens is 1. The van der Waals surface area contributed by atoms with Crippen molar-refractivity contribution >= 4 is 9.84 Å². The van der Waals surface area contributed by atoms with Crippen LogP contribution in [0.3, 0.4) is 0 Å². The molecule has 0 unspecified atom stereocenters. The molecular formula is C30H33FN2O3S. The van der Waals surface area contributed by atoms with E-state index in [0.717, 1.165) is 67.4 Å². The maximum Gasteiger partial charge on any atom is 0.160 e. The molecule has 2 aromatic carbocycles. The van der Waals surface area contributed by atoms with Crippen LogP contribution in [-0.4, -0.2) is 42.5 Å². The maximum absolute atomic E-state index is 13.1. The smallest absolute Gasteiger partial charge is 0.160 e. The summed E-state index contributed by atoms with van der Waals surface area (Å²) in [6.45, 7) is 4.65. The largest absolute Gasteiger partial charge is 0.487 e. The van der Waals surface area contributed by atoms with Crippen molar-refractivity contribution in [3.63, 3.8) is 0 Å². The first-order chi connectivity index (χ1) is 17.7. The summed E-state index contributed by atoms with van der Waals surface area (Å²) in [7, 11) is -3.42. The van der Waals surface area contributed by atoms with Gasteiger partial charge in [0.1, 0.15) is 17.2 Å². The monoisotopic (exact) mass is 520 g/mol. The highest BCUT2D eigenvalue weighted by Gasteiger charge is 2.48. The van der Waals surface area contributed by atoms with Crippen LogP contribution in [0.4, 0.5) is 4.39 Å². The molecule has 0 bridgehead atoms. The Kier molecular flexibility index (Phi) is 6.11. The first-order valence-electron chi connectivity index (χ1n) is 13.2. The van der Waals surface area contributed by atoms with Crippen molar-refractivity contribution in [3.05, 3.63) is 83.4 Å². The number of pyridine rings is 1. The third-order valence-electron chi connectivity index (χ3n) is 8.48. The molecule has 7 heteroatoms. The Morgan fingerprint density at radius 3 is 2.32 bits per heavy atom. The van der Waals surface area contributed by atoms with E-state index in [2.05, 4.69) is 35.0 Å². The quantitative estimate of drug-likeness (QED) is 0.416. The topological polar surface area (TPSA) is 59.5 Å². The van der Waals surface area contributed by atoms with Crippen molar-refractivity contribution in [1.29, 1.82) is 0 Å². The van der Waals surface area contributed by atoms with Crippen molar-refractivity contribution in [2.24, 2.45) is 0 Å². The van der Waals surface area contributed by atoms with Crippen molar-refractivity contribution in [2.45, 2.75) is 68.1 Å². The average molecular weight is 521 g/mol. The van der Waals surface area contributed by atoms with E-state index in [-0.39, 0.29) is 17.1 Å². The van der Waals surface area contributed by atoms with Crippen LogP contribution in [0.5, 0.6) is 5.75 Å². The van der Waals surface area contributed by atoms with Gasteiger partial charge < -0.3 is 4.74 Å². The van der Waals surface area contributed by atoms with E-state index in [1.54, 1.807) is 0 Å². The maximum atomic E-state index is 13.1. The van der Waals surface area contributed by atoms with E-state index in [9.17, 15) is 12.8 Å². The minimum absolute atomic E-state index is 0.0210. The van der Waals surface area contributed by atoms with Crippen LogP contribution >= 0.6 is 0 Å². The van der Waals surface area contributed by atoms with E-state index >= 15 is 0 Å². The van der Waals surface area contributed by atoms with Gasteiger partial charge in [0.05, 0.1) is 23.4 Å². The number of rotatable bonds is 6. The fourth-order valence-corrected chi connectivity index (χ4v) is 7.24. The highest BCUT2D eigenvalue weighted by molar-refractivity contribution is 7.89. The normalized spacial score (nSPS) is 20.3. The first kappa shape index (κ1) is 24.6. The van der Waals surface area contributed by atoms with Gasteiger partial charge in [-0.15, -0.1) is 0 Å². The fraction of sp³-hybridized carbons (Fsp3) is 0.433. The number of ether oxygens (including phenoxy) is 1. The Bertz CT molecular complexity index is 1390. The molecule has 3 aromatic rings. The second-order valence-electron chi connectivity index (χ2n) is 11.3. The summed E-state index contributed by atoms with van der Waals surface area (Å²) in [5.74, 6) is 0.244. The molecule has 2 fully saturated rings. The summed E-state index contributed by atoms with van der Waals surface area (Å²) in [5.41, 5.74) is 4.91. The van der Waals surface area contributed by atoms with Crippen molar-refractivity contribution < 1.29 is 17.5 Å². The predicted octanol–water partition coefficient (Wildman–Crippen LogP) is 5.71. The molecule has 1 saturated carbocycles. The highest BCUT2D eigenvalue weighted by Crippen LogP contribution is 2.46. The van der Waals surface area contributed by atoms with Crippen LogP contribution < -0.4 is 4.74 Å². The van der Waals surface area contributed by atoms with Crippen molar-refractivity contribution in [2.75, 3.05) is 13.1 Å². The van der Waals surface area contributed by atoms with Crippen LogP contribution in [0.25, 0.3) is 11.1 Å². The number of sulfone groups is 1. The van der Waals surface area contributed by atoms with Gasteiger partial charge in [-0.25, -0.2) is 12.8 Å². The van der Waals surface area contributed by atoms with Gasteiger partial charge in [-0.3, -0.25) is 9.88 Å². The number of nitrogens with zero attached hydrogens (tertiary/aromatic N) is 2. The minimum Gasteiger partial charge on any atom is -0.487 e. The summed E-state index contributed by atoms with van der Waals surface area (Å²) in [6.07, 6.45) is 7.99. The molecule has 37 heavy (non-hydrogen) atoms. The lowest BCUT2D eigenvalue weighted by atomic mass is 9.82. The van der Waals surface area contributed by atoms with E-state index in [1.807, 2.05) is 24.3 Å². The molecule has 1 aliphatic carbocycles. The van der Waals surface area contributed by atoms with E-state index < -0.39 is 15.7 Å². The number of likely N-dealkylation sites (tertiary alicyclic amines) is 1. The Balaban J connectivity index is 1.10. The van der Waals surface area contributed by atoms with Crippen molar-refractivity contribution in [3.8, 4) is 16.9 Å². The molecule has 3 aliphatic rings. The standard InChI is InChI=1S/C30H33FN2O3S/c1-29(12-13-29)33-16-14-30(15-17-33)11-10-25-18-24(6-9-28(25)36-30)23-4-2-22(3-5-23)20-37(34,35)21-27-8-7-26(31)19-32-27/h2-9,18-19H,10-17,20-21H2,1H3. The van der Waals surface area contributed by atoms with Crippen LogP contribution in [0.2, 0.25) is 0 Å². The molecule has 5 nitrogen and oxygen atoms in total. The lowest BCUT2D eigenvalue weighted by Gasteiger charge is -2.46. The summed E-state index contributed by atoms with van der Waals surface area (Å²) in [6, 6.07) is 16.7. The molecule has 0 radical (unpaired) electrons. The van der Waals surface area contributed by atoms with Gasteiger partial charge >= 0.3 is 0 Å². The average Bonchev–Trinajstić information content (AvgIpc) is 3.64. The summed E-state index contributed by atoms with van der Waals surface area (Å²) >= 11 is 0. The molecule has 0 atom stereocenters. The van der Waals surface area contributed by atoms with Crippen LogP contribution in [0.15, 0.2) is 60.8 Å². The van der Waals surface area contributed by atoms with E-state index in [4.69, 9.17) is 4.74 Å². The first-order valence-corrected chi connectivity index (χ1v) is 15.0. The van der Waals surface area contributed by atoms with Gasteiger partial charge in [-0.2, -0.15) is 0 Å². The molecular weight excluding hydrogens is 487 g/mol. The SMILES string of the molecule is CC1(N2CCC3(CCc4cc(-c5ccc(CS(=O)(=O)Cc6ccc(F)cn6)cc5)ccc4O3)CC2)CC1. The second-order valence-corrected chi connectivity index (χ2v) is 13.4. The number of hydrogen-bond acceptors (Lipinski definition) is 5. The van der Waals surface area contributed by atoms with Gasteiger partial charge in [-0.05, 0) is 92.0 Å². The molecule has 6 rings (SSSR count). The second kappa shape index (κ2) is 9.21. The molecule has 3 heterocycles. The van der Waals surface area contributed by atoms with Crippen LogP contribution in [-0.2, 0) is 27.8 Å². The number of benzene rings is 2. The van der Waals surface area contributed by atoms with E-state index in [1.165, 1.54) is 30.5 Å². The van der Waals surface area contributed by atoms with E-state index in [0.29, 0.717) is 11.2 Å². The molecule has 1 aromatic heterocycles. The zero-order valence-electron chi connectivity index (χ0n) is 21.2. The zero-order valence-corrected chi connectivity index (χ0v) is 22.1. The molecule has 1 spiro atoms. The third-order valence-corrected chi connectivity index (χ3v) is 9.99. The predicted molar refractivity (Wildman–Crippen MR) is 143 cm³/mol. The molecule has 0 N–H and O–H groups in total. The minimum atomic E-state index is -3.42. The van der Waals surface area contributed by atoms with Gasteiger partial charge in [0, 0.05) is 18.6 Å². The molecule has 2 aliphatic heterocycles. The number of hydrogen-bond donors (Lipinski definition) is 0. The number of piperidine rings is 1. The van der Waals surface area contributed by atoms with Crippen LogP contribution in [0, 0.1) is 5.82 Å². The molecule has 194 valence electrons. The van der Waals surface area contributed by atoms with Gasteiger partial charge in [0.15, 0.2) is 9.84 Å². The van der Waals surface area contributed by atoms with Crippen molar-refractivity contribution in [1.82, 2.24) is 9.88 Å². The number of aryl methyl sites for hydroxylation is 1. The summed E-state index contributed by atoms with van der Waals surface area (Å²) in [5, 5.41) is 0. The molecule has 0 amide bonds. The van der Waals surface area contributed by atoms with Crippen LogP contribution in [0.1, 0.15) is 55.8 Å². The Hall–Kier alpha value is -2.77. The highest BCUT2D eigenvalue weighted by atomic mass is 32.2. The third kappa shape index (κ3) is 5.30. The fourth-order valence-electron chi connectivity index (χ4n) is 5.82. The zero-order chi connectivity index (χ0) is 25.7. The Morgan fingerprint density at radius 2 is 1.65 bits per heavy atom. The number of halogens is 1.